The Kier molecular flexibility index (Phi) is 4.46. The van der Waals surface area contributed by atoms with E-state index in [-0.39, 0.29) is 5.97 Å². The molecule has 0 saturated carbocycles. The van der Waals surface area contributed by atoms with Crippen LogP contribution in [0.3, 0.4) is 0 Å². The first-order valence-corrected chi connectivity index (χ1v) is 7.70. The molecule has 1 N–H and O–H groups in total. The number of hydrogen-bond acceptors (Lipinski definition) is 4. The fourth-order valence-corrected chi connectivity index (χ4v) is 3.33. The highest BCUT2D eigenvalue weighted by Crippen LogP contribution is 2.46. The lowest BCUT2D eigenvalue weighted by Crippen LogP contribution is -2.44. The second-order valence-electron chi connectivity index (χ2n) is 5.73. The molecule has 0 bridgehead atoms. The van der Waals surface area contributed by atoms with E-state index in [1.807, 2.05) is 60.7 Å². The summed E-state index contributed by atoms with van der Waals surface area (Å²) >= 11 is 0. The molecule has 1 aliphatic rings. The van der Waals surface area contributed by atoms with Crippen LogP contribution in [-0.2, 0) is 19.9 Å². The van der Waals surface area contributed by atoms with Crippen LogP contribution < -0.4 is 0 Å². The quantitative estimate of drug-likeness (QED) is 0.863. The Morgan fingerprint density at radius 3 is 2.26 bits per heavy atom. The molecule has 3 atom stereocenters. The number of hydrogen-bond donors (Lipinski definition) is 1. The predicted octanol–water partition coefficient (Wildman–Crippen LogP) is 2.83. The second kappa shape index (κ2) is 6.52. The molecule has 1 fully saturated rings. The Bertz CT molecular complexity index is 656. The molecule has 0 amide bonds. The van der Waals surface area contributed by atoms with Crippen LogP contribution in [0.1, 0.15) is 23.7 Å². The Balaban J connectivity index is 2.13. The van der Waals surface area contributed by atoms with Crippen LogP contribution >= 0.6 is 0 Å². The van der Waals surface area contributed by atoms with Crippen LogP contribution in [0, 0.1) is 5.92 Å². The van der Waals surface area contributed by atoms with Gasteiger partial charge in [-0.15, -0.1) is 0 Å². The maximum Gasteiger partial charge on any atom is 0.312 e. The maximum absolute atomic E-state index is 12.2. The Morgan fingerprint density at radius 1 is 1.13 bits per heavy atom. The summed E-state index contributed by atoms with van der Waals surface area (Å²) < 4.78 is 10.8. The number of cyclic esters (lactones) is 1. The number of esters is 1. The highest BCUT2D eigenvalue weighted by Gasteiger charge is 2.52. The van der Waals surface area contributed by atoms with Crippen molar-refractivity contribution in [3.8, 4) is 0 Å². The smallest absolute Gasteiger partial charge is 0.312 e. The number of rotatable bonds is 5. The molecule has 1 saturated heterocycles. The molecule has 4 nitrogen and oxygen atoms in total. The summed E-state index contributed by atoms with van der Waals surface area (Å²) in [7, 11) is 1.55. The third-order valence-corrected chi connectivity index (χ3v) is 4.44. The molecule has 0 radical (unpaired) electrons. The van der Waals surface area contributed by atoms with Crippen LogP contribution in [0.2, 0.25) is 0 Å². The number of carbonyl (C=O) groups is 1. The largest absolute Gasteiger partial charge is 0.465 e. The molecule has 0 unspecified atom stereocenters. The molecule has 4 heteroatoms. The summed E-state index contributed by atoms with van der Waals surface area (Å²) in [5.74, 6) is -1.04. The summed E-state index contributed by atoms with van der Waals surface area (Å²) in [5.41, 5.74) is -0.00842. The minimum absolute atomic E-state index is 0.323. The van der Waals surface area contributed by atoms with Gasteiger partial charge in [0.15, 0.2) is 0 Å². The number of carbonyl (C=O) groups excluding carboxylic acids is 1. The minimum Gasteiger partial charge on any atom is -0.465 e. The molecule has 0 spiro atoms. The molecule has 1 aliphatic heterocycles. The van der Waals surface area contributed by atoms with E-state index in [4.69, 9.17) is 9.47 Å². The third-order valence-electron chi connectivity index (χ3n) is 4.44. The van der Waals surface area contributed by atoms with Gasteiger partial charge >= 0.3 is 5.97 Å². The summed E-state index contributed by atoms with van der Waals surface area (Å²) in [5, 5.41) is 11.6. The van der Waals surface area contributed by atoms with Crippen molar-refractivity contribution in [1.82, 2.24) is 0 Å². The molecule has 23 heavy (non-hydrogen) atoms. The Morgan fingerprint density at radius 2 is 1.74 bits per heavy atom. The standard InChI is InChI=1S/C19H20O4/c1-22-17(14-8-4-2-5-9-14)19(21,15-10-6-3-7-11-15)16-12-13-23-18(16)20/h2-11,16-17,21H,12-13H2,1H3/t16-,17-,19-/m0/s1. The lowest BCUT2D eigenvalue weighted by molar-refractivity contribution is -0.166. The first-order valence-electron chi connectivity index (χ1n) is 7.70. The van der Waals surface area contributed by atoms with Gasteiger partial charge in [0.05, 0.1) is 12.5 Å². The zero-order valence-electron chi connectivity index (χ0n) is 13.0. The number of ether oxygens (including phenoxy) is 2. The third kappa shape index (κ3) is 2.76. The number of benzene rings is 2. The van der Waals surface area contributed by atoms with E-state index in [1.165, 1.54) is 0 Å². The van der Waals surface area contributed by atoms with Gasteiger partial charge in [0, 0.05) is 7.11 Å². The van der Waals surface area contributed by atoms with Crippen molar-refractivity contribution < 1.29 is 19.4 Å². The van der Waals surface area contributed by atoms with E-state index in [0.717, 1.165) is 5.56 Å². The van der Waals surface area contributed by atoms with Gasteiger partial charge in [0.2, 0.25) is 0 Å². The van der Waals surface area contributed by atoms with Crippen LogP contribution in [-0.4, -0.2) is 24.8 Å². The topological polar surface area (TPSA) is 55.8 Å². The zero-order chi connectivity index (χ0) is 16.3. The van der Waals surface area contributed by atoms with Crippen LogP contribution in [0.5, 0.6) is 0 Å². The molecule has 0 aromatic heterocycles. The van der Waals surface area contributed by atoms with Crippen LogP contribution in [0.15, 0.2) is 60.7 Å². The van der Waals surface area contributed by atoms with E-state index < -0.39 is 17.6 Å². The molecular formula is C19H20O4. The molecule has 0 aliphatic carbocycles. The second-order valence-corrected chi connectivity index (χ2v) is 5.73. The first-order chi connectivity index (χ1) is 11.2. The average Bonchev–Trinajstić information content (AvgIpc) is 3.03. The van der Waals surface area contributed by atoms with Gasteiger partial charge in [-0.25, -0.2) is 0 Å². The van der Waals surface area contributed by atoms with E-state index in [9.17, 15) is 9.90 Å². The minimum atomic E-state index is -1.48. The Labute approximate surface area is 135 Å². The van der Waals surface area contributed by atoms with E-state index in [1.54, 1.807) is 7.11 Å². The molecule has 2 aromatic carbocycles. The zero-order valence-corrected chi connectivity index (χ0v) is 13.0. The average molecular weight is 312 g/mol. The summed E-state index contributed by atoms with van der Waals surface area (Å²) in [6.07, 6.45) is -0.196. The predicted molar refractivity (Wildman–Crippen MR) is 85.6 cm³/mol. The summed E-state index contributed by atoms with van der Waals surface area (Å²) in [6.45, 7) is 0.323. The Hall–Kier alpha value is -2.17. The van der Waals surface area contributed by atoms with Crippen molar-refractivity contribution in [2.75, 3.05) is 13.7 Å². The highest BCUT2D eigenvalue weighted by atomic mass is 16.5. The lowest BCUT2D eigenvalue weighted by atomic mass is 9.74. The SMILES string of the molecule is CO[C@@H](c1ccccc1)[C@](O)(c1ccccc1)[C@H]1CCOC1=O. The van der Waals surface area contributed by atoms with Gasteiger partial charge in [-0.3, -0.25) is 4.79 Å². The van der Waals surface area contributed by atoms with Gasteiger partial charge < -0.3 is 14.6 Å². The van der Waals surface area contributed by atoms with Crippen molar-refractivity contribution in [3.63, 3.8) is 0 Å². The summed E-state index contributed by atoms with van der Waals surface area (Å²) in [6, 6.07) is 18.7. The van der Waals surface area contributed by atoms with E-state index in [2.05, 4.69) is 0 Å². The van der Waals surface area contributed by atoms with Gasteiger partial charge in [0.1, 0.15) is 11.7 Å². The van der Waals surface area contributed by atoms with Crippen LogP contribution in [0.4, 0.5) is 0 Å². The molecule has 120 valence electrons. The van der Waals surface area contributed by atoms with Gasteiger partial charge in [0.25, 0.3) is 0 Å². The highest BCUT2D eigenvalue weighted by molar-refractivity contribution is 5.76. The van der Waals surface area contributed by atoms with Crippen molar-refractivity contribution in [1.29, 1.82) is 0 Å². The van der Waals surface area contributed by atoms with Gasteiger partial charge in [-0.05, 0) is 17.5 Å². The van der Waals surface area contributed by atoms with Crippen molar-refractivity contribution in [2.45, 2.75) is 18.1 Å². The van der Waals surface area contributed by atoms with Crippen molar-refractivity contribution in [2.24, 2.45) is 5.92 Å². The maximum atomic E-state index is 12.2. The molecule has 2 aromatic rings. The molecule has 1 heterocycles. The van der Waals surface area contributed by atoms with Crippen molar-refractivity contribution >= 4 is 5.97 Å². The summed E-state index contributed by atoms with van der Waals surface area (Å²) in [4.78, 5) is 12.2. The number of methoxy groups -OCH3 is 1. The first kappa shape index (κ1) is 15.7. The van der Waals surface area contributed by atoms with E-state index >= 15 is 0 Å². The van der Waals surface area contributed by atoms with Gasteiger partial charge in [-0.2, -0.15) is 0 Å². The van der Waals surface area contributed by atoms with E-state index in [0.29, 0.717) is 18.6 Å². The van der Waals surface area contributed by atoms with Gasteiger partial charge in [-0.1, -0.05) is 60.7 Å². The normalized spacial score (nSPS) is 21.5. The molecular weight excluding hydrogens is 292 g/mol. The number of aliphatic hydroxyl groups is 1. The fourth-order valence-electron chi connectivity index (χ4n) is 3.33. The molecule has 3 rings (SSSR count). The monoisotopic (exact) mass is 312 g/mol. The lowest BCUT2D eigenvalue weighted by Gasteiger charge is -2.39. The van der Waals surface area contributed by atoms with Crippen LogP contribution in [0.25, 0.3) is 0 Å². The van der Waals surface area contributed by atoms with Crippen molar-refractivity contribution in [3.05, 3.63) is 71.8 Å². The fraction of sp³-hybridized carbons (Fsp3) is 0.316.